The van der Waals surface area contributed by atoms with Crippen LogP contribution < -0.4 is 16.0 Å². The van der Waals surface area contributed by atoms with Gasteiger partial charge in [0.2, 0.25) is 5.95 Å². The molecule has 0 aliphatic heterocycles. The summed E-state index contributed by atoms with van der Waals surface area (Å²) < 4.78 is 40.4. The predicted octanol–water partition coefficient (Wildman–Crippen LogP) is 4.73. The van der Waals surface area contributed by atoms with E-state index in [1.807, 2.05) is 30.8 Å². The molecule has 1 heterocycles. The molecule has 0 spiro atoms. The average molecular weight is 525 g/mol. The second kappa shape index (κ2) is 12.0. The van der Waals surface area contributed by atoms with Gasteiger partial charge in [-0.15, -0.1) is 0 Å². The molecule has 1 aromatic heterocycles. The van der Waals surface area contributed by atoms with Crippen molar-refractivity contribution in [1.82, 2.24) is 14.9 Å². The van der Waals surface area contributed by atoms with Gasteiger partial charge in [0.15, 0.2) is 0 Å². The zero-order chi connectivity index (χ0) is 28.0. The number of carbonyl (C=O) groups is 1. The third-order valence-electron chi connectivity index (χ3n) is 5.91. The minimum absolute atomic E-state index is 0.0834. The maximum Gasteiger partial charge on any atom is 0.416 e. The molecule has 7 nitrogen and oxygen atoms in total. The minimum atomic E-state index is -4.54. The van der Waals surface area contributed by atoms with Crippen LogP contribution in [0.4, 0.5) is 30.5 Å². The summed E-state index contributed by atoms with van der Waals surface area (Å²) in [5.41, 5.74) is 8.26. The van der Waals surface area contributed by atoms with Crippen LogP contribution in [0.15, 0.2) is 42.6 Å². The summed E-state index contributed by atoms with van der Waals surface area (Å²) >= 11 is 0. The van der Waals surface area contributed by atoms with E-state index in [1.165, 1.54) is 12.3 Å². The Bertz CT molecular complexity index is 1380. The third-order valence-corrected chi connectivity index (χ3v) is 5.91. The van der Waals surface area contributed by atoms with E-state index in [2.05, 4.69) is 27.1 Å². The standard InChI is InChI=1S/C28H31F3N6O/c1-18-7-8-21(15-20(18)9-10-22-17-33-27(32)34-19(22)2)26(38)35-24-16-23(28(29,30)31)11-12-25(24)37(5)14-6-13-36(3)4/h7-8,11-12,15-17H,6,13-14H2,1-5H3,(H,35,38)(H2,32,33,34). The van der Waals surface area contributed by atoms with E-state index in [0.717, 1.165) is 30.7 Å². The van der Waals surface area contributed by atoms with Crippen molar-refractivity contribution in [2.75, 3.05) is 50.2 Å². The van der Waals surface area contributed by atoms with Crippen molar-refractivity contribution < 1.29 is 18.0 Å². The lowest BCUT2D eigenvalue weighted by atomic mass is 10.0. The van der Waals surface area contributed by atoms with Crippen LogP contribution >= 0.6 is 0 Å². The number of halogens is 3. The summed E-state index contributed by atoms with van der Waals surface area (Å²) in [4.78, 5) is 25.1. The Morgan fingerprint density at radius 2 is 1.74 bits per heavy atom. The highest BCUT2D eigenvalue weighted by Crippen LogP contribution is 2.35. The van der Waals surface area contributed by atoms with E-state index < -0.39 is 17.6 Å². The number of aryl methyl sites for hydroxylation is 2. The fourth-order valence-corrected chi connectivity index (χ4v) is 3.72. The molecule has 10 heteroatoms. The molecule has 0 bridgehead atoms. The lowest BCUT2D eigenvalue weighted by Crippen LogP contribution is -2.25. The highest BCUT2D eigenvalue weighted by molar-refractivity contribution is 6.06. The summed E-state index contributed by atoms with van der Waals surface area (Å²) in [5.74, 6) is 5.63. The number of hydrogen-bond donors (Lipinski definition) is 2. The molecule has 0 saturated carbocycles. The first-order valence-electron chi connectivity index (χ1n) is 12.0. The van der Waals surface area contributed by atoms with Crippen molar-refractivity contribution >= 4 is 23.2 Å². The molecule has 2 aromatic carbocycles. The fourth-order valence-electron chi connectivity index (χ4n) is 3.72. The first-order valence-corrected chi connectivity index (χ1v) is 12.0. The number of carbonyl (C=O) groups excluding carboxylic acids is 1. The number of anilines is 3. The summed E-state index contributed by atoms with van der Waals surface area (Å²) in [6.45, 7) is 5.04. The average Bonchev–Trinajstić information content (AvgIpc) is 2.83. The molecule has 3 rings (SSSR count). The molecule has 0 unspecified atom stereocenters. The largest absolute Gasteiger partial charge is 0.416 e. The minimum Gasteiger partial charge on any atom is -0.373 e. The Kier molecular flexibility index (Phi) is 8.96. The van der Waals surface area contributed by atoms with Gasteiger partial charge in [0.25, 0.3) is 5.91 Å². The second-order valence-electron chi connectivity index (χ2n) is 9.27. The number of nitrogens with one attached hydrogen (secondary N) is 1. The first-order chi connectivity index (χ1) is 17.8. The fraction of sp³-hybridized carbons (Fsp3) is 0.321. The maximum absolute atomic E-state index is 13.5. The van der Waals surface area contributed by atoms with E-state index in [4.69, 9.17) is 5.73 Å². The Morgan fingerprint density at radius 1 is 1.03 bits per heavy atom. The Morgan fingerprint density at radius 3 is 2.39 bits per heavy atom. The summed E-state index contributed by atoms with van der Waals surface area (Å²) in [6.07, 6.45) is -2.21. The van der Waals surface area contributed by atoms with Crippen LogP contribution in [0.3, 0.4) is 0 Å². The van der Waals surface area contributed by atoms with Gasteiger partial charge in [0, 0.05) is 30.9 Å². The monoisotopic (exact) mass is 524 g/mol. The number of aromatic nitrogens is 2. The number of nitrogens with two attached hydrogens (primary N) is 1. The Labute approximate surface area is 220 Å². The van der Waals surface area contributed by atoms with Crippen molar-refractivity contribution in [3.05, 3.63) is 76.1 Å². The lowest BCUT2D eigenvalue weighted by Gasteiger charge is -2.24. The van der Waals surface area contributed by atoms with Gasteiger partial charge in [-0.3, -0.25) is 4.79 Å². The molecule has 38 heavy (non-hydrogen) atoms. The van der Waals surface area contributed by atoms with Crippen LogP contribution in [-0.4, -0.2) is 55.0 Å². The number of rotatable bonds is 7. The Balaban J connectivity index is 1.90. The molecule has 3 aromatic rings. The highest BCUT2D eigenvalue weighted by Gasteiger charge is 2.31. The molecular weight excluding hydrogens is 493 g/mol. The second-order valence-corrected chi connectivity index (χ2v) is 9.27. The van der Waals surface area contributed by atoms with Crippen LogP contribution in [0.25, 0.3) is 0 Å². The molecular formula is C28H31F3N6O. The van der Waals surface area contributed by atoms with Crippen molar-refractivity contribution in [2.45, 2.75) is 26.4 Å². The molecule has 0 atom stereocenters. The smallest absolute Gasteiger partial charge is 0.373 e. The van der Waals surface area contributed by atoms with Crippen molar-refractivity contribution in [2.24, 2.45) is 0 Å². The molecule has 3 N–H and O–H groups in total. The molecule has 0 fully saturated rings. The van der Waals surface area contributed by atoms with E-state index in [9.17, 15) is 18.0 Å². The van der Waals surface area contributed by atoms with E-state index in [-0.39, 0.29) is 17.2 Å². The number of benzene rings is 2. The van der Waals surface area contributed by atoms with E-state index in [0.29, 0.717) is 29.1 Å². The van der Waals surface area contributed by atoms with Gasteiger partial charge in [0.1, 0.15) is 0 Å². The maximum atomic E-state index is 13.5. The zero-order valence-corrected chi connectivity index (χ0v) is 22.1. The van der Waals surface area contributed by atoms with E-state index >= 15 is 0 Å². The van der Waals surface area contributed by atoms with Crippen molar-refractivity contribution in [1.29, 1.82) is 0 Å². The number of alkyl halides is 3. The van der Waals surface area contributed by atoms with Gasteiger partial charge in [-0.1, -0.05) is 17.9 Å². The SMILES string of the molecule is Cc1ccc(C(=O)Nc2cc(C(F)(F)F)ccc2N(C)CCCN(C)C)cc1C#Cc1cnc(N)nc1C. The van der Waals surface area contributed by atoms with Crippen LogP contribution in [0.2, 0.25) is 0 Å². The van der Waals surface area contributed by atoms with Gasteiger partial charge < -0.3 is 20.9 Å². The van der Waals surface area contributed by atoms with Gasteiger partial charge >= 0.3 is 6.18 Å². The van der Waals surface area contributed by atoms with Crippen LogP contribution in [0.5, 0.6) is 0 Å². The molecule has 200 valence electrons. The summed E-state index contributed by atoms with van der Waals surface area (Å²) in [5, 5.41) is 2.68. The molecule has 0 saturated heterocycles. The number of nitrogens with zero attached hydrogens (tertiary/aromatic N) is 4. The van der Waals surface area contributed by atoms with Gasteiger partial charge in [-0.2, -0.15) is 13.2 Å². The Hall–Kier alpha value is -4.10. The van der Waals surface area contributed by atoms with Crippen LogP contribution in [0.1, 0.15) is 44.7 Å². The number of amides is 1. The number of hydrogen-bond acceptors (Lipinski definition) is 6. The number of nitrogen functional groups attached to an aromatic ring is 1. The quantitative estimate of drug-likeness (QED) is 0.435. The third kappa shape index (κ3) is 7.46. The predicted molar refractivity (Wildman–Crippen MR) is 144 cm³/mol. The van der Waals surface area contributed by atoms with Gasteiger partial charge in [0.05, 0.1) is 28.2 Å². The van der Waals surface area contributed by atoms with Crippen LogP contribution in [0, 0.1) is 25.7 Å². The topological polar surface area (TPSA) is 87.4 Å². The molecule has 1 amide bonds. The summed E-state index contributed by atoms with van der Waals surface area (Å²) in [6, 6.07) is 8.34. The van der Waals surface area contributed by atoms with Crippen molar-refractivity contribution in [3.8, 4) is 11.8 Å². The van der Waals surface area contributed by atoms with Crippen molar-refractivity contribution in [3.63, 3.8) is 0 Å². The zero-order valence-electron chi connectivity index (χ0n) is 22.1. The highest BCUT2D eigenvalue weighted by atomic mass is 19.4. The molecule has 0 aliphatic rings. The molecule has 0 aliphatic carbocycles. The van der Waals surface area contributed by atoms with Gasteiger partial charge in [-0.05, 0) is 76.8 Å². The van der Waals surface area contributed by atoms with Crippen LogP contribution in [-0.2, 0) is 6.18 Å². The molecule has 0 radical (unpaired) electrons. The van der Waals surface area contributed by atoms with E-state index in [1.54, 1.807) is 32.2 Å². The summed E-state index contributed by atoms with van der Waals surface area (Å²) in [7, 11) is 5.69. The van der Waals surface area contributed by atoms with Gasteiger partial charge in [-0.25, -0.2) is 9.97 Å². The first kappa shape index (κ1) is 28.5. The normalized spacial score (nSPS) is 11.2. The lowest BCUT2D eigenvalue weighted by molar-refractivity contribution is -0.137.